The third kappa shape index (κ3) is 5.16. The molecular formula is C22H34N2O3. The largest absolute Gasteiger partial charge is 0.497 e. The summed E-state index contributed by atoms with van der Waals surface area (Å²) in [6.45, 7) is 9.30. The molecule has 2 aliphatic heterocycles. The Morgan fingerprint density at radius 1 is 1.15 bits per heavy atom. The average Bonchev–Trinajstić information content (AvgIpc) is 2.69. The minimum atomic E-state index is 0.321. The number of carbonyl (C=O) groups excluding carboxylic acids is 1. The summed E-state index contributed by atoms with van der Waals surface area (Å²) in [6, 6.07) is 8.10. The number of piperidine rings is 2. The highest BCUT2D eigenvalue weighted by atomic mass is 16.5. The van der Waals surface area contributed by atoms with E-state index in [0.717, 1.165) is 63.5 Å². The molecule has 2 fully saturated rings. The Morgan fingerprint density at radius 2 is 1.89 bits per heavy atom. The lowest BCUT2D eigenvalue weighted by molar-refractivity contribution is -0.141. The number of likely N-dealkylation sites (tertiary alicyclic amines) is 2. The zero-order valence-electron chi connectivity index (χ0n) is 17.1. The van der Waals surface area contributed by atoms with Crippen LogP contribution in [0.25, 0.3) is 0 Å². The fraction of sp³-hybridized carbons (Fsp3) is 0.682. The number of hydrogen-bond donors (Lipinski definition) is 0. The van der Waals surface area contributed by atoms with Gasteiger partial charge in [0.25, 0.3) is 0 Å². The number of hydrogen-bond acceptors (Lipinski definition) is 4. The smallest absolute Gasteiger partial charge is 0.222 e. The standard InChI is InChI=1S/C22H34N2O3/c1-18(2)24-17-22(9-8-21(24)25)10-13-23(14-11-22)12-5-15-27-20-7-4-6-19(16-20)26-3/h4,6-7,16,18H,5,8-15,17H2,1-3H3. The fourth-order valence-electron chi connectivity index (χ4n) is 4.34. The summed E-state index contributed by atoms with van der Waals surface area (Å²) in [5, 5.41) is 0. The summed E-state index contributed by atoms with van der Waals surface area (Å²) in [6.07, 6.45) is 5.25. The van der Waals surface area contributed by atoms with Crippen LogP contribution >= 0.6 is 0 Å². The molecule has 5 heteroatoms. The Bertz CT molecular complexity index is 624. The highest BCUT2D eigenvalue weighted by molar-refractivity contribution is 5.77. The first-order valence-electron chi connectivity index (χ1n) is 10.3. The molecule has 1 amide bonds. The molecule has 0 aliphatic carbocycles. The first-order valence-corrected chi connectivity index (χ1v) is 10.3. The SMILES string of the molecule is COc1cccc(OCCCN2CCC3(CCC(=O)N(C(C)C)C3)CC2)c1. The molecule has 150 valence electrons. The first-order chi connectivity index (χ1) is 13.0. The van der Waals surface area contributed by atoms with Crippen molar-refractivity contribution in [2.45, 2.75) is 52.0 Å². The molecule has 0 saturated carbocycles. The van der Waals surface area contributed by atoms with Gasteiger partial charge in [-0.2, -0.15) is 0 Å². The highest BCUT2D eigenvalue weighted by Crippen LogP contribution is 2.40. The third-order valence-corrected chi connectivity index (χ3v) is 6.16. The van der Waals surface area contributed by atoms with Crippen molar-refractivity contribution in [1.82, 2.24) is 9.80 Å². The van der Waals surface area contributed by atoms with Crippen LogP contribution in [0, 0.1) is 5.41 Å². The topological polar surface area (TPSA) is 42.0 Å². The van der Waals surface area contributed by atoms with Gasteiger partial charge < -0.3 is 19.3 Å². The van der Waals surface area contributed by atoms with E-state index in [2.05, 4.69) is 23.6 Å². The Labute approximate surface area is 163 Å². The maximum Gasteiger partial charge on any atom is 0.222 e. The minimum absolute atomic E-state index is 0.321. The molecule has 27 heavy (non-hydrogen) atoms. The third-order valence-electron chi connectivity index (χ3n) is 6.16. The van der Waals surface area contributed by atoms with Gasteiger partial charge in [-0.25, -0.2) is 0 Å². The molecule has 0 N–H and O–H groups in total. The molecule has 2 heterocycles. The summed E-state index contributed by atoms with van der Waals surface area (Å²) in [7, 11) is 1.67. The van der Waals surface area contributed by atoms with Gasteiger partial charge in [0.15, 0.2) is 0 Å². The summed E-state index contributed by atoms with van der Waals surface area (Å²) in [4.78, 5) is 16.8. The predicted molar refractivity (Wildman–Crippen MR) is 107 cm³/mol. The molecule has 2 aliphatic rings. The Hall–Kier alpha value is -1.75. The van der Waals surface area contributed by atoms with Crippen LogP contribution in [0.5, 0.6) is 11.5 Å². The van der Waals surface area contributed by atoms with Crippen molar-refractivity contribution in [2.24, 2.45) is 5.41 Å². The van der Waals surface area contributed by atoms with Gasteiger partial charge in [-0.15, -0.1) is 0 Å². The number of carbonyl (C=O) groups is 1. The normalized spacial score (nSPS) is 20.3. The number of ether oxygens (including phenoxy) is 2. The van der Waals surface area contributed by atoms with Crippen molar-refractivity contribution in [3.63, 3.8) is 0 Å². The Kier molecular flexibility index (Phi) is 6.64. The lowest BCUT2D eigenvalue weighted by Crippen LogP contribution is -2.53. The van der Waals surface area contributed by atoms with Gasteiger partial charge in [0.05, 0.1) is 13.7 Å². The van der Waals surface area contributed by atoms with Crippen molar-refractivity contribution in [3.8, 4) is 11.5 Å². The van der Waals surface area contributed by atoms with Crippen LogP contribution in [0.4, 0.5) is 0 Å². The van der Waals surface area contributed by atoms with Gasteiger partial charge in [-0.1, -0.05) is 6.07 Å². The summed E-state index contributed by atoms with van der Waals surface area (Å²) >= 11 is 0. The highest BCUT2D eigenvalue weighted by Gasteiger charge is 2.41. The summed E-state index contributed by atoms with van der Waals surface area (Å²) in [5.74, 6) is 2.04. The van der Waals surface area contributed by atoms with Gasteiger partial charge in [-0.05, 0) is 70.2 Å². The molecule has 1 aromatic carbocycles. The zero-order valence-corrected chi connectivity index (χ0v) is 17.1. The average molecular weight is 375 g/mol. The molecule has 2 saturated heterocycles. The van der Waals surface area contributed by atoms with Crippen molar-refractivity contribution in [3.05, 3.63) is 24.3 Å². The van der Waals surface area contributed by atoms with Crippen LogP contribution in [0.1, 0.15) is 46.0 Å². The van der Waals surface area contributed by atoms with Crippen molar-refractivity contribution >= 4 is 5.91 Å². The number of methoxy groups -OCH3 is 1. The minimum Gasteiger partial charge on any atom is -0.497 e. The van der Waals surface area contributed by atoms with Crippen LogP contribution in [-0.2, 0) is 4.79 Å². The maximum atomic E-state index is 12.2. The second-order valence-corrected chi connectivity index (χ2v) is 8.34. The van der Waals surface area contributed by atoms with Gasteiger partial charge in [0.2, 0.25) is 5.91 Å². The molecule has 0 radical (unpaired) electrons. The van der Waals surface area contributed by atoms with Crippen LogP contribution in [-0.4, -0.2) is 61.6 Å². The van der Waals surface area contributed by atoms with Crippen molar-refractivity contribution in [2.75, 3.05) is 39.9 Å². The van der Waals surface area contributed by atoms with Crippen LogP contribution in [0.3, 0.4) is 0 Å². The van der Waals surface area contributed by atoms with E-state index in [4.69, 9.17) is 9.47 Å². The quantitative estimate of drug-likeness (QED) is 0.684. The molecule has 3 rings (SSSR count). The Morgan fingerprint density at radius 3 is 2.59 bits per heavy atom. The molecular weight excluding hydrogens is 340 g/mol. The van der Waals surface area contributed by atoms with Gasteiger partial charge in [-0.3, -0.25) is 4.79 Å². The molecule has 5 nitrogen and oxygen atoms in total. The van der Waals surface area contributed by atoms with Crippen LogP contribution in [0.2, 0.25) is 0 Å². The van der Waals surface area contributed by atoms with E-state index in [1.807, 2.05) is 24.3 Å². The van der Waals surface area contributed by atoms with Crippen molar-refractivity contribution in [1.29, 1.82) is 0 Å². The number of nitrogens with zero attached hydrogens (tertiary/aromatic N) is 2. The van der Waals surface area contributed by atoms with E-state index < -0.39 is 0 Å². The number of amides is 1. The van der Waals surface area contributed by atoms with Gasteiger partial charge in [0, 0.05) is 31.6 Å². The maximum absolute atomic E-state index is 12.2. The van der Waals surface area contributed by atoms with E-state index in [0.29, 0.717) is 17.4 Å². The van der Waals surface area contributed by atoms with Gasteiger partial charge in [0.1, 0.15) is 11.5 Å². The zero-order chi connectivity index (χ0) is 19.3. The number of benzene rings is 1. The van der Waals surface area contributed by atoms with E-state index in [1.165, 1.54) is 12.8 Å². The van der Waals surface area contributed by atoms with E-state index >= 15 is 0 Å². The Balaban J connectivity index is 1.39. The molecule has 1 spiro atoms. The molecule has 0 atom stereocenters. The van der Waals surface area contributed by atoms with Crippen LogP contribution in [0.15, 0.2) is 24.3 Å². The van der Waals surface area contributed by atoms with Gasteiger partial charge >= 0.3 is 0 Å². The lowest BCUT2D eigenvalue weighted by atomic mass is 9.72. The van der Waals surface area contributed by atoms with Crippen LogP contribution < -0.4 is 9.47 Å². The molecule has 0 aromatic heterocycles. The summed E-state index contributed by atoms with van der Waals surface area (Å²) in [5.41, 5.74) is 0.353. The summed E-state index contributed by atoms with van der Waals surface area (Å²) < 4.78 is 11.1. The van der Waals surface area contributed by atoms with Crippen molar-refractivity contribution < 1.29 is 14.3 Å². The van der Waals surface area contributed by atoms with E-state index in [-0.39, 0.29) is 0 Å². The molecule has 1 aromatic rings. The lowest BCUT2D eigenvalue weighted by Gasteiger charge is -2.48. The predicted octanol–water partition coefficient (Wildman–Crippen LogP) is 3.58. The monoisotopic (exact) mass is 374 g/mol. The van der Waals surface area contributed by atoms with E-state index in [9.17, 15) is 4.79 Å². The van der Waals surface area contributed by atoms with E-state index in [1.54, 1.807) is 7.11 Å². The first kappa shape index (κ1) is 20.0. The molecule has 0 unspecified atom stereocenters. The second-order valence-electron chi connectivity index (χ2n) is 8.34. The molecule has 0 bridgehead atoms. The fourth-order valence-corrected chi connectivity index (χ4v) is 4.34. The second kappa shape index (κ2) is 8.96. The number of rotatable bonds is 7.